The molecule has 1 amide bonds. The molecule has 22 heavy (non-hydrogen) atoms. The molecule has 1 unspecified atom stereocenters. The fraction of sp³-hybridized carbons (Fsp3) is 0.471. The molecule has 0 bridgehead atoms. The van der Waals surface area contributed by atoms with Crippen LogP contribution in [-0.4, -0.2) is 34.4 Å². The van der Waals surface area contributed by atoms with E-state index in [1.807, 2.05) is 59.0 Å². The maximum Gasteiger partial charge on any atom is 0.231 e. The van der Waals surface area contributed by atoms with Gasteiger partial charge in [0, 0.05) is 37.5 Å². The van der Waals surface area contributed by atoms with E-state index in [4.69, 9.17) is 0 Å². The number of nitrogens with zero attached hydrogens (tertiary/aromatic N) is 3. The van der Waals surface area contributed by atoms with Gasteiger partial charge < -0.3 is 4.90 Å². The first kappa shape index (κ1) is 20.6. The second-order valence-electron chi connectivity index (χ2n) is 4.38. The summed E-state index contributed by atoms with van der Waals surface area (Å²) in [6, 6.07) is 7.83. The van der Waals surface area contributed by atoms with Gasteiger partial charge >= 0.3 is 0 Å². The van der Waals surface area contributed by atoms with Gasteiger partial charge in [-0.3, -0.25) is 4.79 Å². The van der Waals surface area contributed by atoms with Gasteiger partial charge in [0.2, 0.25) is 5.91 Å². The predicted molar refractivity (Wildman–Crippen MR) is 87.2 cm³/mol. The summed E-state index contributed by atoms with van der Waals surface area (Å²) in [5.74, 6) is 0.0572. The normalized spacial score (nSPS) is 16.1. The van der Waals surface area contributed by atoms with Crippen molar-refractivity contribution in [1.82, 2.24) is 14.9 Å². The molecule has 119 valence electrons. The van der Waals surface area contributed by atoms with Gasteiger partial charge in [0.05, 0.1) is 17.1 Å². The van der Waals surface area contributed by atoms with Crippen molar-refractivity contribution in [1.29, 1.82) is 0 Å². The molecule has 1 aliphatic heterocycles. The minimum atomic E-state index is -0.104. The zero-order valence-corrected chi connectivity index (χ0v) is 15.5. The summed E-state index contributed by atoms with van der Waals surface area (Å²) >= 11 is 0. The maximum absolute atomic E-state index is 12.0. The van der Waals surface area contributed by atoms with Gasteiger partial charge in [-0.25, -0.2) is 9.97 Å². The molecule has 1 aromatic heterocycles. The first-order chi connectivity index (χ1) is 10.3. The topological polar surface area (TPSA) is 46.1 Å². The fourth-order valence-corrected chi connectivity index (χ4v) is 2.38. The van der Waals surface area contributed by atoms with Crippen LogP contribution in [0.5, 0.6) is 0 Å². The largest absolute Gasteiger partial charge is 0.345 e. The quantitative estimate of drug-likeness (QED) is 0.798. The smallest absolute Gasteiger partial charge is 0.231 e. The van der Waals surface area contributed by atoms with Crippen molar-refractivity contribution in [2.24, 2.45) is 0 Å². The van der Waals surface area contributed by atoms with Gasteiger partial charge in [-0.05, 0) is 12.5 Å². The Labute approximate surface area is 145 Å². The molecule has 1 aromatic carbocycles. The molecule has 3 rings (SSSR count). The minimum Gasteiger partial charge on any atom is -0.345 e. The second kappa shape index (κ2) is 10.4. The van der Waals surface area contributed by atoms with Crippen molar-refractivity contribution < 1.29 is 23.4 Å². The van der Waals surface area contributed by atoms with Gasteiger partial charge in [-0.2, -0.15) is 0 Å². The van der Waals surface area contributed by atoms with E-state index >= 15 is 0 Å². The Morgan fingerprint density at radius 2 is 1.73 bits per heavy atom. The molecule has 5 heteroatoms. The number of carbonyl (C=O) groups is 1. The van der Waals surface area contributed by atoms with Gasteiger partial charge in [-0.1, -0.05) is 45.9 Å². The van der Waals surface area contributed by atoms with Gasteiger partial charge in [0.1, 0.15) is 6.33 Å². The number of hydrogen-bond acceptors (Lipinski definition) is 3. The summed E-state index contributed by atoms with van der Waals surface area (Å²) in [7, 11) is 1.84. The van der Waals surface area contributed by atoms with E-state index in [1.165, 1.54) is 0 Å². The van der Waals surface area contributed by atoms with Crippen molar-refractivity contribution in [2.75, 3.05) is 13.6 Å². The molecule has 0 saturated carbocycles. The molecule has 1 aliphatic rings. The van der Waals surface area contributed by atoms with Crippen LogP contribution in [0.3, 0.4) is 0 Å². The Kier molecular flexibility index (Phi) is 9.71. The summed E-state index contributed by atoms with van der Waals surface area (Å²) in [6.45, 7) is 8.81. The maximum atomic E-state index is 12.0. The molecule has 0 spiro atoms. The van der Waals surface area contributed by atoms with Crippen LogP contribution >= 0.6 is 0 Å². The van der Waals surface area contributed by atoms with Crippen LogP contribution in [0.15, 0.2) is 30.6 Å². The number of rotatable bonds is 1. The monoisotopic (exact) mass is 338 g/mol. The first-order valence-electron chi connectivity index (χ1n) is 7.72. The van der Waals surface area contributed by atoms with E-state index in [9.17, 15) is 4.79 Å². The predicted octanol–water partition coefficient (Wildman–Crippen LogP) is 3.63. The molecule has 1 fully saturated rings. The molecule has 2 aromatic rings. The molecule has 1 saturated heterocycles. The Hall–Kier alpha value is -1.39. The molecular weight excluding hydrogens is 313 g/mol. The third-order valence-corrected chi connectivity index (χ3v) is 3.33. The number of para-hydroxylation sites is 1. The van der Waals surface area contributed by atoms with E-state index in [0.717, 1.165) is 29.6 Å². The number of amides is 1. The second-order valence-corrected chi connectivity index (χ2v) is 4.38. The van der Waals surface area contributed by atoms with Crippen LogP contribution in [0.2, 0.25) is 0 Å². The van der Waals surface area contributed by atoms with Gasteiger partial charge in [0.15, 0.2) is 0 Å². The summed E-state index contributed by atoms with van der Waals surface area (Å²) < 4.78 is 0. The molecule has 4 nitrogen and oxygen atoms in total. The van der Waals surface area contributed by atoms with Crippen molar-refractivity contribution >= 4 is 16.8 Å². The number of likely N-dealkylation sites (tertiary alicyclic amines) is 1. The molecular formula is C17H25N3OV. The summed E-state index contributed by atoms with van der Waals surface area (Å²) in [5.41, 5.74) is 1.77. The van der Waals surface area contributed by atoms with E-state index in [-0.39, 0.29) is 30.4 Å². The third kappa shape index (κ3) is 4.31. The summed E-state index contributed by atoms with van der Waals surface area (Å²) in [6.07, 6.45) is 2.39. The van der Waals surface area contributed by atoms with Crippen LogP contribution in [0.1, 0.15) is 45.7 Å². The average molecular weight is 338 g/mol. The first-order valence-corrected chi connectivity index (χ1v) is 7.72. The van der Waals surface area contributed by atoms with Crippen LogP contribution < -0.4 is 0 Å². The fourth-order valence-electron chi connectivity index (χ4n) is 2.38. The van der Waals surface area contributed by atoms with Crippen molar-refractivity contribution in [3.05, 3.63) is 36.3 Å². The third-order valence-electron chi connectivity index (χ3n) is 3.33. The molecule has 0 N–H and O–H groups in total. The van der Waals surface area contributed by atoms with E-state index in [0.29, 0.717) is 0 Å². The summed E-state index contributed by atoms with van der Waals surface area (Å²) in [5, 5.41) is 0.989. The number of fused-ring (bicyclic) bond motifs is 1. The Morgan fingerprint density at radius 3 is 2.32 bits per heavy atom. The number of hydrogen-bond donors (Lipinski definition) is 0. The van der Waals surface area contributed by atoms with Crippen LogP contribution in [0.25, 0.3) is 10.9 Å². The molecule has 1 atom stereocenters. The zero-order valence-electron chi connectivity index (χ0n) is 14.1. The molecule has 0 aliphatic carbocycles. The van der Waals surface area contributed by atoms with Crippen LogP contribution in [0, 0.1) is 0 Å². The van der Waals surface area contributed by atoms with Crippen molar-refractivity contribution in [2.45, 2.75) is 40.0 Å². The number of likely N-dealkylation sites (N-methyl/N-ethyl adjacent to an activating group) is 1. The van der Waals surface area contributed by atoms with Crippen molar-refractivity contribution in [3.8, 4) is 0 Å². The summed E-state index contributed by atoms with van der Waals surface area (Å²) in [4.78, 5) is 22.3. The molecule has 2 heterocycles. The minimum absolute atomic E-state index is 0. The average Bonchev–Trinajstić information content (AvgIpc) is 2.90. The van der Waals surface area contributed by atoms with Gasteiger partial charge in [-0.15, -0.1) is 0 Å². The van der Waals surface area contributed by atoms with Crippen LogP contribution in [0.4, 0.5) is 0 Å². The van der Waals surface area contributed by atoms with E-state index in [1.54, 1.807) is 11.2 Å². The van der Waals surface area contributed by atoms with Crippen LogP contribution in [-0.2, 0) is 23.4 Å². The number of aromatic nitrogens is 2. The standard InChI is InChI=1S/C13H13N3O.2C2H6.V/c1-16-7-6-10(13(16)17)12-9-4-2-3-5-11(9)14-8-15-12;2*1-2;/h2-5,8,10H,6-7H2,1H3;2*1-2H3;. The van der Waals surface area contributed by atoms with Gasteiger partial charge in [0.25, 0.3) is 0 Å². The van der Waals surface area contributed by atoms with Crippen molar-refractivity contribution in [3.63, 3.8) is 0 Å². The Morgan fingerprint density at radius 1 is 1.09 bits per heavy atom. The number of benzene rings is 1. The Bertz CT molecular complexity index is 584. The van der Waals surface area contributed by atoms with E-state index < -0.39 is 0 Å². The van der Waals surface area contributed by atoms with E-state index in [2.05, 4.69) is 9.97 Å². The SMILES string of the molecule is CC.CC.CN1CCC(c2ncnc3ccccc23)C1=O.[V]. The molecule has 1 radical (unpaired) electrons. The Balaban J connectivity index is 0.000000819. The number of carbonyl (C=O) groups excluding carboxylic acids is 1. The zero-order chi connectivity index (χ0) is 15.8.